The minimum absolute atomic E-state index is 0.115. The molecule has 2 aliphatic heterocycles. The van der Waals surface area contributed by atoms with Gasteiger partial charge in [0.05, 0.1) is 18.3 Å². The number of furan rings is 1. The molecule has 1 atom stereocenters. The minimum atomic E-state index is 0.115. The summed E-state index contributed by atoms with van der Waals surface area (Å²) in [6.07, 6.45) is 6.19. The maximum absolute atomic E-state index is 11.7. The summed E-state index contributed by atoms with van der Waals surface area (Å²) < 4.78 is 6.06. The highest BCUT2D eigenvalue weighted by Gasteiger charge is 2.29. The van der Waals surface area contributed by atoms with E-state index in [0.717, 1.165) is 66.3 Å². The Morgan fingerprint density at radius 1 is 1.24 bits per heavy atom. The summed E-state index contributed by atoms with van der Waals surface area (Å²) in [5.41, 5.74) is 3.12. The Bertz CT molecular complexity index is 1010. The zero-order valence-corrected chi connectivity index (χ0v) is 16.8. The molecule has 3 aromatic rings. The van der Waals surface area contributed by atoms with Gasteiger partial charge in [0.25, 0.3) is 0 Å². The summed E-state index contributed by atoms with van der Waals surface area (Å²) in [6, 6.07) is 10.5. The van der Waals surface area contributed by atoms with Crippen LogP contribution in [0.1, 0.15) is 55.1 Å². The first kappa shape index (κ1) is 18.3. The van der Waals surface area contributed by atoms with Gasteiger partial charge in [-0.3, -0.25) is 9.69 Å². The SMILES string of the molecule is CC(=O)N1CCc2nc(C3CCCCN3Cc3cc4ccccc4o3)ncc2C1. The molecule has 0 saturated carbocycles. The molecule has 6 heteroatoms. The van der Waals surface area contributed by atoms with Gasteiger partial charge in [-0.05, 0) is 31.5 Å². The number of hydrogen-bond acceptors (Lipinski definition) is 5. The molecular formula is C23H26N4O2. The molecule has 0 bridgehead atoms. The van der Waals surface area contributed by atoms with E-state index >= 15 is 0 Å². The Morgan fingerprint density at radius 3 is 3.00 bits per heavy atom. The third-order valence-electron chi connectivity index (χ3n) is 6.15. The molecule has 29 heavy (non-hydrogen) atoms. The monoisotopic (exact) mass is 390 g/mol. The number of hydrogen-bond donors (Lipinski definition) is 0. The van der Waals surface area contributed by atoms with Crippen molar-refractivity contribution in [1.82, 2.24) is 19.8 Å². The summed E-state index contributed by atoms with van der Waals surface area (Å²) in [6.45, 7) is 4.79. The summed E-state index contributed by atoms with van der Waals surface area (Å²) in [4.78, 5) is 25.7. The van der Waals surface area contributed by atoms with Crippen LogP contribution in [0, 0.1) is 0 Å². The van der Waals surface area contributed by atoms with Crippen molar-refractivity contribution in [3.63, 3.8) is 0 Å². The second kappa shape index (κ2) is 7.59. The van der Waals surface area contributed by atoms with E-state index in [2.05, 4.69) is 17.0 Å². The van der Waals surface area contributed by atoms with E-state index < -0.39 is 0 Å². The highest BCUT2D eigenvalue weighted by molar-refractivity contribution is 5.77. The maximum Gasteiger partial charge on any atom is 0.219 e. The van der Waals surface area contributed by atoms with E-state index in [1.807, 2.05) is 29.3 Å². The van der Waals surface area contributed by atoms with E-state index in [4.69, 9.17) is 14.4 Å². The standard InChI is InChI=1S/C23H26N4O2/c1-16(28)26-11-9-20-18(14-26)13-24-23(25-20)21-7-4-5-10-27(21)15-19-12-17-6-2-3-8-22(17)29-19/h2-3,6,8,12-13,21H,4-5,7,9-11,14-15H2,1H3. The average molecular weight is 390 g/mol. The molecule has 4 heterocycles. The largest absolute Gasteiger partial charge is 0.460 e. The van der Waals surface area contributed by atoms with Crippen molar-refractivity contribution < 1.29 is 9.21 Å². The fraction of sp³-hybridized carbons (Fsp3) is 0.435. The van der Waals surface area contributed by atoms with Gasteiger partial charge in [0.2, 0.25) is 5.91 Å². The minimum Gasteiger partial charge on any atom is -0.460 e. The number of aromatic nitrogens is 2. The molecular weight excluding hydrogens is 364 g/mol. The average Bonchev–Trinajstić information content (AvgIpc) is 3.15. The van der Waals surface area contributed by atoms with Gasteiger partial charge in [0, 0.05) is 43.6 Å². The van der Waals surface area contributed by atoms with Gasteiger partial charge >= 0.3 is 0 Å². The highest BCUT2D eigenvalue weighted by atomic mass is 16.3. The van der Waals surface area contributed by atoms with Crippen LogP contribution in [0.2, 0.25) is 0 Å². The van der Waals surface area contributed by atoms with Crippen LogP contribution in [0.15, 0.2) is 40.9 Å². The number of benzene rings is 1. The quantitative estimate of drug-likeness (QED) is 0.680. The fourth-order valence-corrected chi connectivity index (χ4v) is 4.55. The molecule has 1 saturated heterocycles. The highest BCUT2D eigenvalue weighted by Crippen LogP contribution is 2.32. The Morgan fingerprint density at radius 2 is 2.14 bits per heavy atom. The number of carbonyl (C=O) groups excluding carboxylic acids is 1. The molecule has 6 nitrogen and oxygen atoms in total. The molecule has 0 spiro atoms. The Balaban J connectivity index is 1.38. The number of piperidine rings is 1. The Labute approximate surface area is 170 Å². The summed E-state index contributed by atoms with van der Waals surface area (Å²) in [7, 11) is 0. The molecule has 150 valence electrons. The van der Waals surface area contributed by atoms with Gasteiger partial charge in [-0.2, -0.15) is 0 Å². The predicted octanol–water partition coefficient (Wildman–Crippen LogP) is 3.85. The summed E-state index contributed by atoms with van der Waals surface area (Å²) >= 11 is 0. The molecule has 2 aromatic heterocycles. The molecule has 1 fully saturated rings. The molecule has 0 radical (unpaired) electrons. The van der Waals surface area contributed by atoms with E-state index in [-0.39, 0.29) is 11.9 Å². The third kappa shape index (κ3) is 3.65. The Kier molecular flexibility index (Phi) is 4.79. The zero-order valence-electron chi connectivity index (χ0n) is 16.8. The number of nitrogens with zero attached hydrogens (tertiary/aromatic N) is 4. The first-order valence-corrected chi connectivity index (χ1v) is 10.5. The molecule has 1 unspecified atom stereocenters. The second-order valence-electron chi connectivity index (χ2n) is 8.12. The number of rotatable bonds is 3. The molecule has 2 aliphatic rings. The lowest BCUT2D eigenvalue weighted by Gasteiger charge is -2.35. The van der Waals surface area contributed by atoms with E-state index in [1.165, 1.54) is 12.8 Å². The van der Waals surface area contributed by atoms with Crippen LogP contribution in [0.3, 0.4) is 0 Å². The smallest absolute Gasteiger partial charge is 0.219 e. The van der Waals surface area contributed by atoms with Gasteiger partial charge in [0.15, 0.2) is 0 Å². The molecule has 0 aliphatic carbocycles. The maximum atomic E-state index is 11.7. The van der Waals surface area contributed by atoms with Crippen LogP contribution in [0.4, 0.5) is 0 Å². The topological polar surface area (TPSA) is 62.5 Å². The molecule has 1 aromatic carbocycles. The van der Waals surface area contributed by atoms with Crippen molar-refractivity contribution in [2.75, 3.05) is 13.1 Å². The number of fused-ring (bicyclic) bond motifs is 2. The van der Waals surface area contributed by atoms with Crippen molar-refractivity contribution in [2.24, 2.45) is 0 Å². The lowest BCUT2D eigenvalue weighted by Crippen LogP contribution is -2.36. The van der Waals surface area contributed by atoms with Crippen LogP contribution in [-0.2, 0) is 24.3 Å². The summed E-state index contributed by atoms with van der Waals surface area (Å²) in [5.74, 6) is 2.02. The van der Waals surface area contributed by atoms with Crippen LogP contribution >= 0.6 is 0 Å². The third-order valence-corrected chi connectivity index (χ3v) is 6.15. The van der Waals surface area contributed by atoms with Gasteiger partial charge in [0.1, 0.15) is 17.2 Å². The molecule has 5 rings (SSSR count). The number of amides is 1. The first-order valence-electron chi connectivity index (χ1n) is 10.5. The predicted molar refractivity (Wildman–Crippen MR) is 110 cm³/mol. The Hall–Kier alpha value is -2.73. The molecule has 0 N–H and O–H groups in total. The first-order chi connectivity index (χ1) is 14.2. The number of likely N-dealkylation sites (tertiary alicyclic amines) is 1. The summed E-state index contributed by atoms with van der Waals surface area (Å²) in [5, 5.41) is 1.15. The van der Waals surface area contributed by atoms with Gasteiger partial charge < -0.3 is 9.32 Å². The van der Waals surface area contributed by atoms with Crippen molar-refractivity contribution >= 4 is 16.9 Å². The van der Waals surface area contributed by atoms with Crippen LogP contribution < -0.4 is 0 Å². The van der Waals surface area contributed by atoms with E-state index in [0.29, 0.717) is 6.54 Å². The lowest BCUT2D eigenvalue weighted by atomic mass is 10.00. The lowest BCUT2D eigenvalue weighted by molar-refractivity contribution is -0.129. The van der Waals surface area contributed by atoms with Gasteiger partial charge in [-0.25, -0.2) is 9.97 Å². The van der Waals surface area contributed by atoms with Crippen LogP contribution in [0.5, 0.6) is 0 Å². The number of carbonyl (C=O) groups is 1. The molecule has 1 amide bonds. The van der Waals surface area contributed by atoms with Crippen LogP contribution in [-0.4, -0.2) is 38.8 Å². The van der Waals surface area contributed by atoms with Crippen molar-refractivity contribution in [2.45, 2.75) is 51.7 Å². The van der Waals surface area contributed by atoms with E-state index in [9.17, 15) is 4.79 Å². The fourth-order valence-electron chi connectivity index (χ4n) is 4.55. The van der Waals surface area contributed by atoms with E-state index in [1.54, 1.807) is 6.92 Å². The number of para-hydroxylation sites is 1. The zero-order chi connectivity index (χ0) is 19.8. The van der Waals surface area contributed by atoms with Crippen molar-refractivity contribution in [1.29, 1.82) is 0 Å². The van der Waals surface area contributed by atoms with Gasteiger partial charge in [-0.15, -0.1) is 0 Å². The van der Waals surface area contributed by atoms with Gasteiger partial charge in [-0.1, -0.05) is 24.6 Å². The van der Waals surface area contributed by atoms with Crippen molar-refractivity contribution in [3.05, 3.63) is 59.4 Å². The van der Waals surface area contributed by atoms with Crippen LogP contribution in [0.25, 0.3) is 11.0 Å². The second-order valence-corrected chi connectivity index (χ2v) is 8.12. The normalized spacial score (nSPS) is 20.0. The van der Waals surface area contributed by atoms with Crippen molar-refractivity contribution in [3.8, 4) is 0 Å².